The molecule has 2 amide bonds. The van der Waals surface area contributed by atoms with Gasteiger partial charge in [0.25, 0.3) is 5.91 Å². The molecule has 2 unspecified atom stereocenters. The molecule has 0 bridgehead atoms. The molecule has 0 spiro atoms. The van der Waals surface area contributed by atoms with Crippen LogP contribution in [0.5, 0.6) is 0 Å². The number of hydrogen-bond donors (Lipinski definition) is 2. The van der Waals surface area contributed by atoms with Gasteiger partial charge in [-0.25, -0.2) is 0 Å². The summed E-state index contributed by atoms with van der Waals surface area (Å²) < 4.78 is 0. The van der Waals surface area contributed by atoms with Crippen molar-refractivity contribution in [3.8, 4) is 0 Å². The Morgan fingerprint density at radius 2 is 2.15 bits per heavy atom. The first-order valence-electron chi connectivity index (χ1n) is 8.59. The number of nitro groups is 1. The van der Waals surface area contributed by atoms with Crippen LogP contribution in [-0.2, 0) is 4.79 Å². The molecule has 3 heterocycles. The van der Waals surface area contributed by atoms with Gasteiger partial charge in [-0.05, 0) is 44.2 Å². The first-order chi connectivity index (χ1) is 12.0. The summed E-state index contributed by atoms with van der Waals surface area (Å²) in [7, 11) is 0. The van der Waals surface area contributed by atoms with Crippen LogP contribution in [0, 0.1) is 16.0 Å². The van der Waals surface area contributed by atoms with Crippen LogP contribution in [0.1, 0.15) is 35.4 Å². The van der Waals surface area contributed by atoms with Crippen molar-refractivity contribution in [1.29, 1.82) is 0 Å². The topological polar surface area (TPSA) is 105 Å². The summed E-state index contributed by atoms with van der Waals surface area (Å²) in [5.74, 6) is 0.0967. The lowest BCUT2D eigenvalue weighted by Crippen LogP contribution is -2.46. The van der Waals surface area contributed by atoms with Gasteiger partial charge in [0.15, 0.2) is 0 Å². The summed E-state index contributed by atoms with van der Waals surface area (Å²) in [4.78, 5) is 37.0. The Morgan fingerprint density at radius 3 is 2.81 bits per heavy atom. The normalized spacial score (nSPS) is 22.5. The number of amides is 2. The van der Waals surface area contributed by atoms with Gasteiger partial charge in [0.1, 0.15) is 0 Å². The second-order valence-corrected chi connectivity index (χ2v) is 7.61. The molecule has 0 saturated carbocycles. The van der Waals surface area contributed by atoms with Gasteiger partial charge < -0.3 is 15.5 Å². The molecule has 2 saturated heterocycles. The van der Waals surface area contributed by atoms with Crippen LogP contribution in [0.3, 0.4) is 0 Å². The highest BCUT2D eigenvalue weighted by atomic mass is 35.5. The van der Waals surface area contributed by atoms with Gasteiger partial charge in [0.05, 0.1) is 15.8 Å². The average Bonchev–Trinajstić information content (AvgIpc) is 3.30. The lowest BCUT2D eigenvalue weighted by Gasteiger charge is -2.32. The molecule has 0 radical (unpaired) electrons. The zero-order valence-electron chi connectivity index (χ0n) is 14.3. The van der Waals surface area contributed by atoms with Gasteiger partial charge in [-0.15, -0.1) is 12.4 Å². The van der Waals surface area contributed by atoms with Crippen molar-refractivity contribution >= 4 is 40.6 Å². The van der Waals surface area contributed by atoms with Crippen molar-refractivity contribution < 1.29 is 14.5 Å². The lowest BCUT2D eigenvalue weighted by atomic mass is 9.97. The molecule has 144 valence electrons. The molecular weight excluding hydrogens is 380 g/mol. The SMILES string of the molecule is Cl.O=C(NCC1CCCN(C(=O)c2ccc([N+](=O)[O-])s2)C1)C1CCCN1. The van der Waals surface area contributed by atoms with Crippen molar-refractivity contribution in [3.63, 3.8) is 0 Å². The molecule has 26 heavy (non-hydrogen) atoms. The van der Waals surface area contributed by atoms with E-state index in [0.29, 0.717) is 24.5 Å². The molecule has 1 aromatic rings. The third-order valence-electron chi connectivity index (χ3n) is 4.73. The number of carbonyl (C=O) groups is 2. The average molecular weight is 403 g/mol. The maximum atomic E-state index is 12.5. The van der Waals surface area contributed by atoms with E-state index >= 15 is 0 Å². The van der Waals surface area contributed by atoms with Crippen molar-refractivity contribution in [2.24, 2.45) is 5.92 Å². The third kappa shape index (κ3) is 4.93. The standard InChI is InChI=1S/C16H22N4O4S.ClH/c21-15(12-4-1-7-17-12)18-9-11-3-2-8-19(10-11)16(22)13-5-6-14(25-13)20(23)24;/h5-6,11-12,17H,1-4,7-10H2,(H,18,21);1H. The summed E-state index contributed by atoms with van der Waals surface area (Å²) in [5.41, 5.74) is 0. The van der Waals surface area contributed by atoms with Crippen molar-refractivity contribution in [2.75, 3.05) is 26.2 Å². The minimum Gasteiger partial charge on any atom is -0.354 e. The summed E-state index contributed by atoms with van der Waals surface area (Å²) in [6.07, 6.45) is 3.74. The van der Waals surface area contributed by atoms with Gasteiger partial charge in [0.2, 0.25) is 5.91 Å². The maximum Gasteiger partial charge on any atom is 0.324 e. The minimum absolute atomic E-state index is 0. The Hall–Kier alpha value is -1.71. The molecule has 8 nitrogen and oxygen atoms in total. The predicted molar refractivity (Wildman–Crippen MR) is 101 cm³/mol. The Morgan fingerprint density at radius 1 is 1.35 bits per heavy atom. The van der Waals surface area contributed by atoms with Gasteiger partial charge in [0, 0.05) is 25.7 Å². The number of nitrogens with zero attached hydrogens (tertiary/aromatic N) is 2. The second kappa shape index (κ2) is 9.29. The quantitative estimate of drug-likeness (QED) is 0.577. The molecule has 3 rings (SSSR count). The number of thiophene rings is 1. The predicted octanol–water partition coefficient (Wildman–Crippen LogP) is 1.80. The van der Waals surface area contributed by atoms with Gasteiger partial charge in [-0.3, -0.25) is 19.7 Å². The highest BCUT2D eigenvalue weighted by Gasteiger charge is 2.28. The second-order valence-electron chi connectivity index (χ2n) is 6.55. The van der Waals surface area contributed by atoms with Gasteiger partial charge in [-0.1, -0.05) is 11.3 Å². The van der Waals surface area contributed by atoms with Crippen LogP contribution in [0.4, 0.5) is 5.00 Å². The Kier molecular flexibility index (Phi) is 7.36. The molecule has 2 atom stereocenters. The highest BCUT2D eigenvalue weighted by molar-refractivity contribution is 7.17. The number of nitrogens with one attached hydrogen (secondary N) is 2. The monoisotopic (exact) mass is 402 g/mol. The number of rotatable bonds is 5. The fraction of sp³-hybridized carbons (Fsp3) is 0.625. The largest absolute Gasteiger partial charge is 0.354 e. The Bertz CT molecular complexity index is 662. The molecular formula is C16H23ClN4O4S. The van der Waals surface area contributed by atoms with Crippen LogP contribution in [-0.4, -0.2) is 53.9 Å². The fourth-order valence-electron chi connectivity index (χ4n) is 3.39. The summed E-state index contributed by atoms with van der Waals surface area (Å²) >= 11 is 0.911. The van der Waals surface area contributed by atoms with E-state index < -0.39 is 4.92 Å². The summed E-state index contributed by atoms with van der Waals surface area (Å²) in [6, 6.07) is 2.80. The molecule has 1 aromatic heterocycles. The van der Waals surface area contributed by atoms with E-state index in [1.807, 2.05) is 0 Å². The smallest absolute Gasteiger partial charge is 0.324 e. The molecule has 2 N–H and O–H groups in total. The number of hydrogen-bond acceptors (Lipinski definition) is 6. The molecule has 0 aromatic carbocycles. The zero-order valence-corrected chi connectivity index (χ0v) is 15.9. The lowest BCUT2D eigenvalue weighted by molar-refractivity contribution is -0.380. The number of piperidine rings is 1. The van der Waals surface area contributed by atoms with Gasteiger partial charge in [-0.2, -0.15) is 0 Å². The van der Waals surface area contributed by atoms with Crippen LogP contribution in [0.2, 0.25) is 0 Å². The van der Waals surface area contributed by atoms with E-state index in [0.717, 1.165) is 43.6 Å². The Labute approximate surface area is 161 Å². The number of likely N-dealkylation sites (tertiary alicyclic amines) is 1. The third-order valence-corrected chi connectivity index (χ3v) is 5.76. The molecule has 2 aliphatic rings. The molecule has 2 fully saturated rings. The van der Waals surface area contributed by atoms with Crippen molar-refractivity contribution in [3.05, 3.63) is 27.1 Å². The van der Waals surface area contributed by atoms with E-state index in [1.165, 1.54) is 12.1 Å². The van der Waals surface area contributed by atoms with E-state index in [9.17, 15) is 19.7 Å². The van der Waals surface area contributed by atoms with Crippen LogP contribution >= 0.6 is 23.7 Å². The number of carbonyl (C=O) groups excluding carboxylic acids is 2. The number of halogens is 1. The van der Waals surface area contributed by atoms with Gasteiger partial charge >= 0.3 is 5.00 Å². The summed E-state index contributed by atoms with van der Waals surface area (Å²) in [5, 5.41) is 16.9. The van der Waals surface area contributed by atoms with Crippen LogP contribution < -0.4 is 10.6 Å². The molecule has 2 aliphatic heterocycles. The fourth-order valence-corrected chi connectivity index (χ4v) is 4.18. The zero-order chi connectivity index (χ0) is 17.8. The van der Waals surface area contributed by atoms with E-state index in [1.54, 1.807) is 4.90 Å². The highest BCUT2D eigenvalue weighted by Crippen LogP contribution is 2.26. The molecule has 10 heteroatoms. The first kappa shape index (κ1) is 20.6. The van der Waals surface area contributed by atoms with E-state index in [-0.39, 0.29) is 41.2 Å². The minimum atomic E-state index is -0.479. The molecule has 0 aliphatic carbocycles. The van der Waals surface area contributed by atoms with Crippen molar-refractivity contribution in [1.82, 2.24) is 15.5 Å². The van der Waals surface area contributed by atoms with Crippen LogP contribution in [0.25, 0.3) is 0 Å². The summed E-state index contributed by atoms with van der Waals surface area (Å²) in [6.45, 7) is 2.67. The maximum absolute atomic E-state index is 12.5. The van der Waals surface area contributed by atoms with Crippen LogP contribution in [0.15, 0.2) is 12.1 Å². The Balaban J connectivity index is 0.00000243. The van der Waals surface area contributed by atoms with Crippen molar-refractivity contribution in [2.45, 2.75) is 31.7 Å². The first-order valence-corrected chi connectivity index (χ1v) is 9.41. The van der Waals surface area contributed by atoms with E-state index in [2.05, 4.69) is 10.6 Å². The van der Waals surface area contributed by atoms with E-state index in [4.69, 9.17) is 0 Å².